The first-order valence-corrected chi connectivity index (χ1v) is 12.8. The van der Waals surface area contributed by atoms with E-state index in [0.717, 1.165) is 67.8 Å². The molecular weight excluding hydrogens is 479 g/mol. The minimum atomic E-state index is -4.35. The van der Waals surface area contributed by atoms with Gasteiger partial charge < -0.3 is 10.1 Å². The van der Waals surface area contributed by atoms with Crippen LogP contribution in [0.25, 0.3) is 5.65 Å². The van der Waals surface area contributed by atoms with E-state index in [-0.39, 0.29) is 17.1 Å². The fourth-order valence-electron chi connectivity index (χ4n) is 4.98. The number of thiazole rings is 1. The molecule has 1 aliphatic heterocycles. The van der Waals surface area contributed by atoms with Crippen molar-refractivity contribution in [3.63, 3.8) is 0 Å². The van der Waals surface area contributed by atoms with E-state index in [4.69, 9.17) is 4.74 Å². The lowest BCUT2D eigenvalue weighted by atomic mass is 9.84. The highest BCUT2D eigenvalue weighted by atomic mass is 32.1. The molecule has 5 rings (SSSR count). The van der Waals surface area contributed by atoms with Crippen molar-refractivity contribution < 1.29 is 22.7 Å². The number of nitrogens with zero attached hydrogens (tertiary/aromatic N) is 4. The molecule has 1 saturated carbocycles. The van der Waals surface area contributed by atoms with Gasteiger partial charge in [0.05, 0.1) is 5.69 Å². The molecule has 4 heterocycles. The van der Waals surface area contributed by atoms with E-state index >= 15 is 0 Å². The number of aromatic nitrogens is 3. The van der Waals surface area contributed by atoms with Crippen LogP contribution in [0.1, 0.15) is 53.2 Å². The number of fused-ring (bicyclic) bond motifs is 2. The van der Waals surface area contributed by atoms with Gasteiger partial charge in [-0.05, 0) is 63.1 Å². The minimum absolute atomic E-state index is 0.0667. The topological polar surface area (TPSA) is 71.8 Å². The molecule has 7 nitrogen and oxygen atoms in total. The molecule has 0 aromatic carbocycles. The number of halogens is 3. The Balaban J connectivity index is 1.05. The summed E-state index contributed by atoms with van der Waals surface area (Å²) in [5, 5.41) is 3.30. The third-order valence-electron chi connectivity index (χ3n) is 6.84. The monoisotopic (exact) mass is 507 g/mol. The van der Waals surface area contributed by atoms with Crippen molar-refractivity contribution in [2.24, 2.45) is 5.92 Å². The van der Waals surface area contributed by atoms with Gasteiger partial charge in [0.15, 0.2) is 6.61 Å². The van der Waals surface area contributed by atoms with Crippen molar-refractivity contribution >= 4 is 22.9 Å². The van der Waals surface area contributed by atoms with E-state index in [9.17, 15) is 18.0 Å². The third kappa shape index (κ3) is 5.95. The number of amides is 1. The van der Waals surface area contributed by atoms with Crippen molar-refractivity contribution in [3.8, 4) is 5.19 Å². The van der Waals surface area contributed by atoms with Crippen LogP contribution < -0.4 is 10.1 Å². The molecule has 3 aromatic rings. The average Bonchev–Trinajstić information content (AvgIpc) is 3.48. The number of ether oxygens (including phenoxy) is 1. The molecule has 188 valence electrons. The lowest BCUT2D eigenvalue weighted by Gasteiger charge is -2.32. The van der Waals surface area contributed by atoms with Crippen LogP contribution in [0.15, 0.2) is 30.6 Å². The molecule has 0 saturated heterocycles. The van der Waals surface area contributed by atoms with Gasteiger partial charge in [0.25, 0.3) is 11.1 Å². The Morgan fingerprint density at radius 1 is 1.23 bits per heavy atom. The summed E-state index contributed by atoms with van der Waals surface area (Å²) in [6.07, 6.45) is 5.09. The van der Waals surface area contributed by atoms with Gasteiger partial charge in [0, 0.05) is 36.4 Å². The number of carbonyl (C=O) groups excluding carboxylic acids is 1. The number of carbonyl (C=O) groups is 1. The summed E-state index contributed by atoms with van der Waals surface area (Å²) in [5.41, 5.74) is 2.20. The largest absolute Gasteiger partial charge is 0.460 e. The number of rotatable bonds is 7. The molecule has 3 aromatic heterocycles. The maximum atomic E-state index is 12.8. The maximum absolute atomic E-state index is 12.8. The standard InChI is InChI=1S/C24H28F3N5O2S/c25-24(26,27)15-34-23-30-18-14-31(12-9-20(18)35-23)11-8-16-4-6-17(7-5-16)29-22(33)19-2-1-3-21-28-10-13-32(19)21/h1-3,10,13,16-17H,4-9,11-12,14-15H2,(H,29,33). The number of pyridine rings is 1. The second kappa shape index (κ2) is 10.1. The molecule has 0 unspecified atom stereocenters. The highest BCUT2D eigenvalue weighted by molar-refractivity contribution is 7.13. The molecule has 0 atom stereocenters. The van der Waals surface area contributed by atoms with Crippen LogP contribution in [-0.2, 0) is 13.0 Å². The number of alkyl halides is 3. The fraction of sp³-hybridized carbons (Fsp3) is 0.542. The van der Waals surface area contributed by atoms with Gasteiger partial charge in [-0.15, -0.1) is 0 Å². The molecule has 1 N–H and O–H groups in total. The second-order valence-electron chi connectivity index (χ2n) is 9.33. The predicted octanol–water partition coefficient (Wildman–Crippen LogP) is 4.47. The lowest BCUT2D eigenvalue weighted by molar-refractivity contribution is -0.153. The molecule has 1 aliphatic carbocycles. The highest BCUT2D eigenvalue weighted by Crippen LogP contribution is 2.32. The van der Waals surface area contributed by atoms with E-state index in [1.54, 1.807) is 16.8 Å². The minimum Gasteiger partial charge on any atom is -0.460 e. The Morgan fingerprint density at radius 2 is 2.06 bits per heavy atom. The van der Waals surface area contributed by atoms with Gasteiger partial charge in [-0.1, -0.05) is 17.4 Å². The summed E-state index contributed by atoms with van der Waals surface area (Å²) in [4.78, 5) is 24.7. The molecule has 0 radical (unpaired) electrons. The van der Waals surface area contributed by atoms with Gasteiger partial charge in [-0.3, -0.25) is 14.1 Å². The number of imidazole rings is 1. The van der Waals surface area contributed by atoms with Crippen molar-refractivity contribution in [3.05, 3.63) is 46.9 Å². The zero-order chi connectivity index (χ0) is 24.4. The molecular formula is C24H28F3N5O2S. The SMILES string of the molecule is O=C(NC1CCC(CCN2CCc3sc(OCC(F)(F)F)nc3C2)CC1)c1cccc2nccn12. The van der Waals surface area contributed by atoms with Gasteiger partial charge >= 0.3 is 6.18 Å². The molecule has 0 spiro atoms. The lowest BCUT2D eigenvalue weighted by Crippen LogP contribution is -2.39. The van der Waals surface area contributed by atoms with Crippen LogP contribution in [0.4, 0.5) is 13.2 Å². The zero-order valence-corrected chi connectivity index (χ0v) is 20.1. The summed E-state index contributed by atoms with van der Waals surface area (Å²) in [5.74, 6) is 0.547. The van der Waals surface area contributed by atoms with Crippen molar-refractivity contribution in [1.29, 1.82) is 0 Å². The Kier molecular flexibility index (Phi) is 6.97. The van der Waals surface area contributed by atoms with Crippen LogP contribution in [-0.4, -0.2) is 57.1 Å². The first-order valence-electron chi connectivity index (χ1n) is 12.0. The average molecular weight is 508 g/mol. The molecule has 0 bridgehead atoms. The summed E-state index contributed by atoms with van der Waals surface area (Å²) in [6.45, 7) is 1.19. The van der Waals surface area contributed by atoms with Crippen LogP contribution in [0.3, 0.4) is 0 Å². The third-order valence-corrected chi connectivity index (χ3v) is 7.91. The summed E-state index contributed by atoms with van der Waals surface area (Å²) in [6, 6.07) is 5.72. The molecule has 2 aliphatic rings. The highest BCUT2D eigenvalue weighted by Gasteiger charge is 2.30. The van der Waals surface area contributed by atoms with Crippen molar-refractivity contribution in [2.45, 2.75) is 57.3 Å². The molecule has 35 heavy (non-hydrogen) atoms. The first kappa shape index (κ1) is 24.1. The second-order valence-corrected chi connectivity index (χ2v) is 10.4. The van der Waals surface area contributed by atoms with E-state index in [1.807, 2.05) is 18.2 Å². The Hall–Kier alpha value is -2.66. The van der Waals surface area contributed by atoms with E-state index in [1.165, 1.54) is 11.3 Å². The van der Waals surface area contributed by atoms with Gasteiger partial charge in [0.2, 0.25) is 0 Å². The van der Waals surface area contributed by atoms with Gasteiger partial charge in [0.1, 0.15) is 11.3 Å². The Morgan fingerprint density at radius 3 is 2.86 bits per heavy atom. The zero-order valence-electron chi connectivity index (χ0n) is 19.3. The number of nitrogens with one attached hydrogen (secondary N) is 1. The summed E-state index contributed by atoms with van der Waals surface area (Å²) in [7, 11) is 0. The normalized spacial score (nSPS) is 21.1. The van der Waals surface area contributed by atoms with Crippen molar-refractivity contribution in [1.82, 2.24) is 24.6 Å². The molecule has 1 fully saturated rings. The maximum Gasteiger partial charge on any atom is 0.422 e. The van der Waals surface area contributed by atoms with E-state index in [0.29, 0.717) is 18.2 Å². The van der Waals surface area contributed by atoms with Gasteiger partial charge in [-0.2, -0.15) is 13.2 Å². The van der Waals surface area contributed by atoms with E-state index < -0.39 is 12.8 Å². The van der Waals surface area contributed by atoms with E-state index in [2.05, 4.69) is 20.2 Å². The quantitative estimate of drug-likeness (QED) is 0.511. The van der Waals surface area contributed by atoms with Crippen LogP contribution >= 0.6 is 11.3 Å². The van der Waals surface area contributed by atoms with Crippen molar-refractivity contribution in [2.75, 3.05) is 19.7 Å². The van der Waals surface area contributed by atoms with Crippen LogP contribution in [0.2, 0.25) is 0 Å². The fourth-order valence-corrected chi connectivity index (χ4v) is 5.88. The Bertz CT molecular complexity index is 1170. The van der Waals surface area contributed by atoms with Gasteiger partial charge in [-0.25, -0.2) is 9.97 Å². The summed E-state index contributed by atoms with van der Waals surface area (Å²) >= 11 is 1.23. The number of hydrogen-bond donors (Lipinski definition) is 1. The smallest absolute Gasteiger partial charge is 0.422 e. The molecule has 1 amide bonds. The first-order chi connectivity index (χ1) is 16.8. The predicted molar refractivity (Wildman–Crippen MR) is 126 cm³/mol. The van der Waals surface area contributed by atoms with Crippen LogP contribution in [0.5, 0.6) is 5.19 Å². The Labute approximate surface area is 205 Å². The summed E-state index contributed by atoms with van der Waals surface area (Å²) < 4.78 is 43.8. The van der Waals surface area contributed by atoms with Crippen LogP contribution in [0, 0.1) is 5.92 Å². The number of hydrogen-bond acceptors (Lipinski definition) is 6. The molecule has 11 heteroatoms.